The Labute approximate surface area is 113 Å². The van der Waals surface area contributed by atoms with Crippen molar-refractivity contribution in [1.29, 1.82) is 0 Å². The van der Waals surface area contributed by atoms with E-state index < -0.39 is 0 Å². The molecular formula is C14H19ClN2O. The Morgan fingerprint density at radius 1 is 1.56 bits per heavy atom. The molecule has 3 nitrogen and oxygen atoms in total. The zero-order valence-electron chi connectivity index (χ0n) is 10.7. The number of rotatable bonds is 4. The number of nitrogens with zero attached hydrogens (tertiary/aromatic N) is 1. The minimum Gasteiger partial charge on any atom is -0.342 e. The van der Waals surface area contributed by atoms with E-state index in [9.17, 15) is 4.79 Å². The van der Waals surface area contributed by atoms with Crippen LogP contribution in [0.3, 0.4) is 0 Å². The quantitative estimate of drug-likeness (QED) is 0.904. The third-order valence-electron chi connectivity index (χ3n) is 3.38. The van der Waals surface area contributed by atoms with Crippen LogP contribution in [0.1, 0.15) is 12.0 Å². The van der Waals surface area contributed by atoms with Crippen LogP contribution in [0.2, 0.25) is 5.02 Å². The summed E-state index contributed by atoms with van der Waals surface area (Å²) in [5.41, 5.74) is 0.990. The molecule has 98 valence electrons. The Morgan fingerprint density at radius 3 is 3.11 bits per heavy atom. The van der Waals surface area contributed by atoms with Crippen molar-refractivity contribution in [3.8, 4) is 0 Å². The van der Waals surface area contributed by atoms with Crippen LogP contribution in [-0.2, 0) is 11.2 Å². The molecule has 1 aromatic rings. The maximum Gasteiger partial charge on any atom is 0.227 e. The van der Waals surface area contributed by atoms with Gasteiger partial charge in [-0.3, -0.25) is 4.79 Å². The first kappa shape index (κ1) is 13.4. The van der Waals surface area contributed by atoms with Gasteiger partial charge in [0.15, 0.2) is 0 Å². The number of hydrogen-bond donors (Lipinski definition) is 1. The number of halogens is 1. The minimum absolute atomic E-state index is 0.205. The topological polar surface area (TPSA) is 32.3 Å². The van der Waals surface area contributed by atoms with Crippen molar-refractivity contribution in [2.24, 2.45) is 5.92 Å². The molecule has 0 spiro atoms. The van der Waals surface area contributed by atoms with E-state index in [-0.39, 0.29) is 5.91 Å². The molecule has 18 heavy (non-hydrogen) atoms. The second-order valence-corrected chi connectivity index (χ2v) is 5.30. The zero-order valence-corrected chi connectivity index (χ0v) is 11.4. The molecule has 1 fully saturated rings. The van der Waals surface area contributed by atoms with E-state index in [1.807, 2.05) is 36.2 Å². The molecule has 0 aliphatic carbocycles. The van der Waals surface area contributed by atoms with Crippen molar-refractivity contribution in [2.75, 3.05) is 26.7 Å². The van der Waals surface area contributed by atoms with Gasteiger partial charge in [-0.1, -0.05) is 23.7 Å². The molecule has 1 atom stereocenters. The van der Waals surface area contributed by atoms with E-state index in [0.29, 0.717) is 17.4 Å². The fourth-order valence-electron chi connectivity index (χ4n) is 2.45. The summed E-state index contributed by atoms with van der Waals surface area (Å²) in [7, 11) is 1.95. The average molecular weight is 267 g/mol. The number of amides is 1. The first-order chi connectivity index (χ1) is 8.69. The van der Waals surface area contributed by atoms with Gasteiger partial charge < -0.3 is 10.2 Å². The Balaban J connectivity index is 1.89. The summed E-state index contributed by atoms with van der Waals surface area (Å²) in [6, 6.07) is 7.53. The lowest BCUT2D eigenvalue weighted by molar-refractivity contribution is -0.129. The molecule has 1 saturated heterocycles. The van der Waals surface area contributed by atoms with Crippen molar-refractivity contribution in [1.82, 2.24) is 10.2 Å². The van der Waals surface area contributed by atoms with Gasteiger partial charge in [0.2, 0.25) is 5.91 Å². The summed E-state index contributed by atoms with van der Waals surface area (Å²) >= 11 is 5.92. The minimum atomic E-state index is 0.205. The fourth-order valence-corrected chi connectivity index (χ4v) is 2.66. The van der Waals surface area contributed by atoms with E-state index >= 15 is 0 Å². The maximum atomic E-state index is 12.1. The van der Waals surface area contributed by atoms with Gasteiger partial charge in [-0.15, -0.1) is 0 Å². The zero-order chi connectivity index (χ0) is 13.0. The Morgan fingerprint density at radius 2 is 2.39 bits per heavy atom. The molecule has 1 aliphatic rings. The SMILES string of the molecule is CNC[C@H]1CCN(C(=O)Cc2cccc(Cl)c2)C1. The van der Waals surface area contributed by atoms with Crippen LogP contribution in [0, 0.1) is 5.92 Å². The first-order valence-electron chi connectivity index (χ1n) is 6.36. The highest BCUT2D eigenvalue weighted by molar-refractivity contribution is 6.30. The smallest absolute Gasteiger partial charge is 0.227 e. The van der Waals surface area contributed by atoms with Crippen LogP contribution in [0.15, 0.2) is 24.3 Å². The van der Waals surface area contributed by atoms with Crippen LogP contribution < -0.4 is 5.32 Å². The van der Waals surface area contributed by atoms with E-state index in [0.717, 1.165) is 31.6 Å². The van der Waals surface area contributed by atoms with Gasteiger partial charge in [0, 0.05) is 18.1 Å². The average Bonchev–Trinajstić information content (AvgIpc) is 2.78. The van der Waals surface area contributed by atoms with Crippen molar-refractivity contribution in [3.05, 3.63) is 34.9 Å². The summed E-state index contributed by atoms with van der Waals surface area (Å²) < 4.78 is 0. The van der Waals surface area contributed by atoms with Gasteiger partial charge in [-0.25, -0.2) is 0 Å². The second-order valence-electron chi connectivity index (χ2n) is 4.86. The highest BCUT2D eigenvalue weighted by Crippen LogP contribution is 2.17. The highest BCUT2D eigenvalue weighted by Gasteiger charge is 2.25. The fraction of sp³-hybridized carbons (Fsp3) is 0.500. The molecule has 0 aromatic heterocycles. The van der Waals surface area contributed by atoms with E-state index in [1.165, 1.54) is 0 Å². The number of likely N-dealkylation sites (tertiary alicyclic amines) is 1. The molecule has 0 saturated carbocycles. The predicted octanol–water partition coefficient (Wildman–Crippen LogP) is 1.95. The molecule has 0 unspecified atom stereocenters. The monoisotopic (exact) mass is 266 g/mol. The summed E-state index contributed by atoms with van der Waals surface area (Å²) in [4.78, 5) is 14.1. The van der Waals surface area contributed by atoms with Gasteiger partial charge in [-0.05, 0) is 43.6 Å². The molecule has 2 rings (SSSR count). The summed E-state index contributed by atoms with van der Waals surface area (Å²) in [6.07, 6.45) is 1.55. The van der Waals surface area contributed by atoms with Crippen LogP contribution in [0.25, 0.3) is 0 Å². The van der Waals surface area contributed by atoms with Crippen molar-refractivity contribution < 1.29 is 4.79 Å². The number of hydrogen-bond acceptors (Lipinski definition) is 2. The summed E-state index contributed by atoms with van der Waals surface area (Å²) in [5.74, 6) is 0.800. The third-order valence-corrected chi connectivity index (χ3v) is 3.61. The molecule has 0 bridgehead atoms. The van der Waals surface area contributed by atoms with Gasteiger partial charge in [0.1, 0.15) is 0 Å². The van der Waals surface area contributed by atoms with Crippen molar-refractivity contribution in [2.45, 2.75) is 12.8 Å². The Hall–Kier alpha value is -1.06. The van der Waals surface area contributed by atoms with Gasteiger partial charge in [-0.2, -0.15) is 0 Å². The highest BCUT2D eigenvalue weighted by atomic mass is 35.5. The van der Waals surface area contributed by atoms with Crippen LogP contribution in [-0.4, -0.2) is 37.5 Å². The molecule has 1 aliphatic heterocycles. The van der Waals surface area contributed by atoms with Crippen LogP contribution >= 0.6 is 11.6 Å². The maximum absolute atomic E-state index is 12.1. The van der Waals surface area contributed by atoms with E-state index in [4.69, 9.17) is 11.6 Å². The molecule has 1 heterocycles. The largest absolute Gasteiger partial charge is 0.342 e. The predicted molar refractivity (Wildman–Crippen MR) is 73.8 cm³/mol. The normalized spacial score (nSPS) is 19.2. The van der Waals surface area contributed by atoms with E-state index in [2.05, 4.69) is 5.32 Å². The molecule has 1 N–H and O–H groups in total. The third kappa shape index (κ3) is 3.47. The lowest BCUT2D eigenvalue weighted by Crippen LogP contribution is -2.31. The molecule has 1 aromatic carbocycles. The van der Waals surface area contributed by atoms with Crippen LogP contribution in [0.5, 0.6) is 0 Å². The second kappa shape index (κ2) is 6.21. The van der Waals surface area contributed by atoms with Crippen LogP contribution in [0.4, 0.5) is 0 Å². The summed E-state index contributed by atoms with van der Waals surface area (Å²) in [6.45, 7) is 2.74. The number of carbonyl (C=O) groups excluding carboxylic acids is 1. The summed E-state index contributed by atoms with van der Waals surface area (Å²) in [5, 5.41) is 3.86. The lowest BCUT2D eigenvalue weighted by atomic mass is 10.1. The molecule has 0 radical (unpaired) electrons. The molecule has 4 heteroatoms. The van der Waals surface area contributed by atoms with Crippen molar-refractivity contribution >= 4 is 17.5 Å². The lowest BCUT2D eigenvalue weighted by Gasteiger charge is -2.16. The first-order valence-corrected chi connectivity index (χ1v) is 6.73. The number of carbonyl (C=O) groups is 1. The van der Waals surface area contributed by atoms with Crippen molar-refractivity contribution in [3.63, 3.8) is 0 Å². The molecule has 1 amide bonds. The van der Waals surface area contributed by atoms with Gasteiger partial charge in [0.05, 0.1) is 6.42 Å². The van der Waals surface area contributed by atoms with Gasteiger partial charge >= 0.3 is 0 Å². The Bertz CT molecular complexity index is 422. The number of nitrogens with one attached hydrogen (secondary N) is 1. The van der Waals surface area contributed by atoms with Gasteiger partial charge in [0.25, 0.3) is 0 Å². The van der Waals surface area contributed by atoms with E-state index in [1.54, 1.807) is 0 Å². The number of benzene rings is 1. The molecular weight excluding hydrogens is 248 g/mol. The standard InChI is InChI=1S/C14H19ClN2O/c1-16-9-12-5-6-17(10-12)14(18)8-11-3-2-4-13(15)7-11/h2-4,7,12,16H,5-6,8-10H2,1H3/t12-/m1/s1. The Kier molecular flexibility index (Phi) is 4.61.